The molecule has 1 aromatic heterocycles. The van der Waals surface area contributed by atoms with E-state index in [1.807, 2.05) is 26.0 Å². The standard InChI is InChI=1S/C24H21NO5/c1-14-10-11-17(15(2)13-14)25-21(19-9-6-12-30-19)20(23(27)24(25)28)22(26)16-7-4-5-8-18(16)29-3/h4-13,21,26H,1-3H3/b22-20-. The van der Waals surface area contributed by atoms with Gasteiger partial charge in [0.15, 0.2) is 0 Å². The van der Waals surface area contributed by atoms with Crippen LogP contribution in [0.3, 0.4) is 0 Å². The van der Waals surface area contributed by atoms with E-state index in [1.165, 1.54) is 18.3 Å². The minimum atomic E-state index is -0.897. The number of ether oxygens (including phenoxy) is 1. The number of benzene rings is 2. The van der Waals surface area contributed by atoms with Crippen LogP contribution in [0.25, 0.3) is 5.76 Å². The van der Waals surface area contributed by atoms with Gasteiger partial charge in [0, 0.05) is 5.69 Å². The second-order valence-electron chi connectivity index (χ2n) is 7.17. The van der Waals surface area contributed by atoms with Gasteiger partial charge < -0.3 is 14.3 Å². The molecule has 0 bridgehead atoms. The lowest BCUT2D eigenvalue weighted by Crippen LogP contribution is -2.30. The Morgan fingerprint density at radius 2 is 1.83 bits per heavy atom. The lowest BCUT2D eigenvalue weighted by Gasteiger charge is -2.25. The van der Waals surface area contributed by atoms with Crippen molar-refractivity contribution in [3.05, 3.63) is 88.9 Å². The van der Waals surface area contributed by atoms with E-state index in [2.05, 4.69) is 0 Å². The van der Waals surface area contributed by atoms with Crippen LogP contribution in [0, 0.1) is 13.8 Å². The first kappa shape index (κ1) is 19.5. The van der Waals surface area contributed by atoms with Crippen molar-refractivity contribution in [2.75, 3.05) is 12.0 Å². The first-order valence-electron chi connectivity index (χ1n) is 9.49. The first-order valence-corrected chi connectivity index (χ1v) is 9.49. The number of Topliss-reactive ketones (excluding diaryl/α,β-unsaturated/α-hetero) is 1. The minimum Gasteiger partial charge on any atom is -0.507 e. The Balaban J connectivity index is 1.97. The lowest BCUT2D eigenvalue weighted by molar-refractivity contribution is -0.132. The molecule has 2 aromatic carbocycles. The molecule has 3 aromatic rings. The molecule has 30 heavy (non-hydrogen) atoms. The number of furan rings is 1. The molecular formula is C24H21NO5. The SMILES string of the molecule is COc1ccccc1/C(O)=C1/C(=O)C(=O)N(c2ccc(C)cc2C)C1c1ccco1. The summed E-state index contributed by atoms with van der Waals surface area (Å²) in [5.74, 6) is -1.03. The van der Waals surface area contributed by atoms with Crippen LogP contribution < -0.4 is 9.64 Å². The molecule has 4 rings (SSSR count). The molecule has 1 N–H and O–H groups in total. The van der Waals surface area contributed by atoms with Crippen LogP contribution in [0.5, 0.6) is 5.75 Å². The Labute approximate surface area is 174 Å². The number of aliphatic hydroxyl groups excluding tert-OH is 1. The van der Waals surface area contributed by atoms with E-state index >= 15 is 0 Å². The van der Waals surface area contributed by atoms with Crippen molar-refractivity contribution >= 4 is 23.1 Å². The second-order valence-corrected chi connectivity index (χ2v) is 7.17. The minimum absolute atomic E-state index is 0.0422. The Morgan fingerprint density at radius 1 is 1.07 bits per heavy atom. The van der Waals surface area contributed by atoms with Gasteiger partial charge in [0.1, 0.15) is 23.3 Å². The summed E-state index contributed by atoms with van der Waals surface area (Å²) in [7, 11) is 1.48. The van der Waals surface area contributed by atoms with E-state index < -0.39 is 17.7 Å². The molecule has 1 atom stereocenters. The van der Waals surface area contributed by atoms with Crippen LogP contribution in [0.15, 0.2) is 70.9 Å². The molecule has 0 saturated carbocycles. The summed E-state index contributed by atoms with van der Waals surface area (Å²) < 4.78 is 10.9. The highest BCUT2D eigenvalue weighted by atomic mass is 16.5. The van der Waals surface area contributed by atoms with E-state index in [-0.39, 0.29) is 11.3 Å². The molecule has 1 saturated heterocycles. The van der Waals surface area contributed by atoms with Gasteiger partial charge in [0.25, 0.3) is 11.7 Å². The Bertz CT molecular complexity index is 1160. The number of hydrogen-bond acceptors (Lipinski definition) is 5. The Hall–Kier alpha value is -3.80. The summed E-state index contributed by atoms with van der Waals surface area (Å²) >= 11 is 0. The topological polar surface area (TPSA) is 80.0 Å². The van der Waals surface area contributed by atoms with Gasteiger partial charge in [-0.15, -0.1) is 0 Å². The molecule has 152 valence electrons. The first-order chi connectivity index (χ1) is 14.4. The number of amides is 1. The number of nitrogens with zero attached hydrogens (tertiary/aromatic N) is 1. The predicted octanol–water partition coefficient (Wildman–Crippen LogP) is 4.53. The molecule has 6 heteroatoms. The monoisotopic (exact) mass is 403 g/mol. The molecule has 2 heterocycles. The number of methoxy groups -OCH3 is 1. The maximum Gasteiger partial charge on any atom is 0.300 e. The molecule has 1 amide bonds. The van der Waals surface area contributed by atoms with E-state index in [0.29, 0.717) is 22.8 Å². The van der Waals surface area contributed by atoms with Crippen molar-refractivity contribution < 1.29 is 23.8 Å². The van der Waals surface area contributed by atoms with Gasteiger partial charge in [-0.3, -0.25) is 14.5 Å². The highest BCUT2D eigenvalue weighted by molar-refractivity contribution is 6.51. The van der Waals surface area contributed by atoms with Gasteiger partial charge in [-0.25, -0.2) is 0 Å². The van der Waals surface area contributed by atoms with E-state index in [1.54, 1.807) is 42.5 Å². The van der Waals surface area contributed by atoms with E-state index in [4.69, 9.17) is 9.15 Å². The number of hydrogen-bond donors (Lipinski definition) is 1. The van der Waals surface area contributed by atoms with Crippen LogP contribution in [-0.4, -0.2) is 23.9 Å². The lowest BCUT2D eigenvalue weighted by atomic mass is 9.98. The third kappa shape index (κ3) is 3.06. The summed E-state index contributed by atoms with van der Waals surface area (Å²) in [5.41, 5.74) is 2.75. The normalized spacial score (nSPS) is 18.1. The Morgan fingerprint density at radius 3 is 2.50 bits per heavy atom. The number of anilines is 1. The molecule has 1 unspecified atom stereocenters. The van der Waals surface area contributed by atoms with Crippen molar-refractivity contribution in [3.63, 3.8) is 0 Å². The van der Waals surface area contributed by atoms with Crippen molar-refractivity contribution in [1.82, 2.24) is 0 Å². The highest BCUT2D eigenvalue weighted by Crippen LogP contribution is 2.44. The average Bonchev–Trinajstić information content (AvgIpc) is 3.35. The molecule has 1 aliphatic heterocycles. The number of ketones is 1. The van der Waals surface area contributed by atoms with Gasteiger partial charge in [0.2, 0.25) is 0 Å². The number of aliphatic hydroxyl groups is 1. The van der Waals surface area contributed by atoms with Gasteiger partial charge in [-0.2, -0.15) is 0 Å². The maximum absolute atomic E-state index is 13.1. The van der Waals surface area contributed by atoms with Crippen LogP contribution in [0.2, 0.25) is 0 Å². The van der Waals surface area contributed by atoms with Gasteiger partial charge in [-0.1, -0.05) is 29.8 Å². The third-order valence-corrected chi connectivity index (χ3v) is 5.23. The fourth-order valence-corrected chi connectivity index (χ4v) is 3.86. The maximum atomic E-state index is 13.1. The highest BCUT2D eigenvalue weighted by Gasteiger charge is 2.48. The zero-order chi connectivity index (χ0) is 21.4. The van der Waals surface area contributed by atoms with Gasteiger partial charge in [-0.05, 0) is 49.7 Å². The number of para-hydroxylation sites is 1. The van der Waals surface area contributed by atoms with Crippen LogP contribution in [-0.2, 0) is 9.59 Å². The Kier molecular flexibility index (Phi) is 4.91. The second kappa shape index (κ2) is 7.55. The van der Waals surface area contributed by atoms with Crippen molar-refractivity contribution in [1.29, 1.82) is 0 Å². The number of rotatable bonds is 4. The summed E-state index contributed by atoms with van der Waals surface area (Å²) in [5, 5.41) is 11.1. The van der Waals surface area contributed by atoms with Crippen LogP contribution >= 0.6 is 0 Å². The van der Waals surface area contributed by atoms with Gasteiger partial charge in [0.05, 0.1) is 24.5 Å². The van der Waals surface area contributed by atoms with Gasteiger partial charge >= 0.3 is 0 Å². The molecule has 6 nitrogen and oxygen atoms in total. The predicted molar refractivity (Wildman–Crippen MR) is 112 cm³/mol. The third-order valence-electron chi connectivity index (χ3n) is 5.23. The smallest absolute Gasteiger partial charge is 0.300 e. The van der Waals surface area contributed by atoms with E-state index in [9.17, 15) is 14.7 Å². The molecular weight excluding hydrogens is 382 g/mol. The van der Waals surface area contributed by atoms with Crippen LogP contribution in [0.4, 0.5) is 5.69 Å². The molecule has 0 spiro atoms. The van der Waals surface area contributed by atoms with E-state index in [0.717, 1.165) is 11.1 Å². The average molecular weight is 403 g/mol. The zero-order valence-electron chi connectivity index (χ0n) is 16.9. The fourth-order valence-electron chi connectivity index (χ4n) is 3.86. The molecule has 1 aliphatic rings. The zero-order valence-corrected chi connectivity index (χ0v) is 16.9. The number of aryl methyl sites for hydroxylation is 2. The number of carbonyl (C=O) groups excluding carboxylic acids is 2. The molecule has 0 aliphatic carbocycles. The summed E-state index contributed by atoms with van der Waals surface area (Å²) in [6.45, 7) is 3.83. The van der Waals surface area contributed by atoms with Crippen LogP contribution in [0.1, 0.15) is 28.5 Å². The van der Waals surface area contributed by atoms with Crippen molar-refractivity contribution in [3.8, 4) is 5.75 Å². The largest absolute Gasteiger partial charge is 0.507 e. The summed E-state index contributed by atoms with van der Waals surface area (Å²) in [4.78, 5) is 27.6. The fraction of sp³-hybridized carbons (Fsp3) is 0.167. The molecule has 1 fully saturated rings. The van der Waals surface area contributed by atoms with Crippen molar-refractivity contribution in [2.45, 2.75) is 19.9 Å². The van der Waals surface area contributed by atoms with Crippen molar-refractivity contribution in [2.24, 2.45) is 0 Å². The summed E-state index contributed by atoms with van der Waals surface area (Å²) in [6.07, 6.45) is 1.47. The number of carbonyl (C=O) groups is 2. The quantitative estimate of drug-likeness (QED) is 0.393. The molecule has 0 radical (unpaired) electrons. The summed E-state index contributed by atoms with van der Waals surface area (Å²) in [6, 6.07) is 14.9.